The summed E-state index contributed by atoms with van der Waals surface area (Å²) in [6, 6.07) is 0.231. The maximum absolute atomic E-state index is 5.91. The van der Waals surface area contributed by atoms with E-state index in [1.165, 1.54) is 0 Å². The third-order valence-electron chi connectivity index (χ3n) is 3.91. The molecule has 3 heterocycles. The van der Waals surface area contributed by atoms with Gasteiger partial charge in [-0.05, 0) is 13.3 Å². The van der Waals surface area contributed by atoms with E-state index in [0.717, 1.165) is 30.0 Å². The zero-order chi connectivity index (χ0) is 15.5. The van der Waals surface area contributed by atoms with Crippen molar-refractivity contribution < 1.29 is 9.47 Å². The molecule has 0 amide bonds. The average molecular weight is 303 g/mol. The molecular formula is C15H21N5O2. The number of methoxy groups -OCH3 is 1. The van der Waals surface area contributed by atoms with Crippen molar-refractivity contribution >= 4 is 0 Å². The number of rotatable bonds is 5. The number of nitrogens with zero attached hydrogens (tertiary/aromatic N) is 4. The highest BCUT2D eigenvalue weighted by atomic mass is 16.5. The zero-order valence-corrected chi connectivity index (χ0v) is 13.1. The van der Waals surface area contributed by atoms with Gasteiger partial charge in [0.2, 0.25) is 5.88 Å². The van der Waals surface area contributed by atoms with E-state index < -0.39 is 0 Å². The third kappa shape index (κ3) is 2.95. The number of aromatic nitrogens is 4. The van der Waals surface area contributed by atoms with Crippen LogP contribution in [0, 0.1) is 6.92 Å². The van der Waals surface area contributed by atoms with Crippen LogP contribution in [0.25, 0.3) is 0 Å². The SMILES string of the molecule is COc1nccnc1CN[C@H]1CCO[C@@H]1c1cn(C)nc1C. The first-order valence-electron chi connectivity index (χ1n) is 7.38. The average Bonchev–Trinajstić information content (AvgIpc) is 3.11. The van der Waals surface area contributed by atoms with Gasteiger partial charge in [-0.1, -0.05) is 0 Å². The summed E-state index contributed by atoms with van der Waals surface area (Å²) in [4.78, 5) is 8.49. The molecule has 2 aromatic heterocycles. The first-order valence-corrected chi connectivity index (χ1v) is 7.38. The second kappa shape index (κ2) is 6.41. The molecule has 118 valence electrons. The smallest absolute Gasteiger partial charge is 0.236 e. The Morgan fingerprint density at radius 1 is 1.41 bits per heavy atom. The lowest BCUT2D eigenvalue weighted by Crippen LogP contribution is -2.31. The van der Waals surface area contributed by atoms with Gasteiger partial charge in [-0.3, -0.25) is 9.67 Å². The van der Waals surface area contributed by atoms with Gasteiger partial charge in [0.05, 0.1) is 12.8 Å². The molecule has 22 heavy (non-hydrogen) atoms. The van der Waals surface area contributed by atoms with E-state index in [2.05, 4.69) is 20.4 Å². The molecule has 0 saturated carbocycles. The fraction of sp³-hybridized carbons (Fsp3) is 0.533. The molecule has 3 rings (SSSR count). The number of aryl methyl sites for hydroxylation is 2. The predicted octanol–water partition coefficient (Wildman–Crippen LogP) is 1.15. The Balaban J connectivity index is 1.70. The van der Waals surface area contributed by atoms with E-state index in [4.69, 9.17) is 9.47 Å². The molecule has 1 N–H and O–H groups in total. The third-order valence-corrected chi connectivity index (χ3v) is 3.91. The van der Waals surface area contributed by atoms with Crippen molar-refractivity contribution in [3.8, 4) is 5.88 Å². The van der Waals surface area contributed by atoms with E-state index in [9.17, 15) is 0 Å². The summed E-state index contributed by atoms with van der Waals surface area (Å²) in [7, 11) is 3.53. The Bertz CT molecular complexity index is 643. The minimum absolute atomic E-state index is 0.0244. The Morgan fingerprint density at radius 2 is 2.23 bits per heavy atom. The monoisotopic (exact) mass is 303 g/mol. The first kappa shape index (κ1) is 14.9. The topological polar surface area (TPSA) is 74.1 Å². The molecule has 0 bridgehead atoms. The van der Waals surface area contributed by atoms with Crippen LogP contribution in [0.2, 0.25) is 0 Å². The fourth-order valence-electron chi connectivity index (χ4n) is 2.88. The maximum atomic E-state index is 5.91. The van der Waals surface area contributed by atoms with Gasteiger partial charge in [0.25, 0.3) is 0 Å². The fourth-order valence-corrected chi connectivity index (χ4v) is 2.88. The summed E-state index contributed by atoms with van der Waals surface area (Å²) in [6.07, 6.45) is 6.32. The quantitative estimate of drug-likeness (QED) is 0.893. The Labute approximate surface area is 129 Å². The zero-order valence-electron chi connectivity index (χ0n) is 13.1. The summed E-state index contributed by atoms with van der Waals surface area (Å²) in [6.45, 7) is 3.36. The Morgan fingerprint density at radius 3 is 2.95 bits per heavy atom. The van der Waals surface area contributed by atoms with E-state index in [1.54, 1.807) is 19.5 Å². The van der Waals surface area contributed by atoms with Crippen molar-refractivity contribution in [2.75, 3.05) is 13.7 Å². The van der Waals surface area contributed by atoms with Crippen LogP contribution < -0.4 is 10.1 Å². The molecule has 2 aromatic rings. The minimum atomic E-state index is 0.0244. The van der Waals surface area contributed by atoms with Crippen molar-refractivity contribution in [3.63, 3.8) is 0 Å². The van der Waals surface area contributed by atoms with Crippen molar-refractivity contribution in [2.24, 2.45) is 7.05 Å². The van der Waals surface area contributed by atoms with Crippen molar-refractivity contribution in [3.05, 3.63) is 35.5 Å². The van der Waals surface area contributed by atoms with Gasteiger partial charge in [0.1, 0.15) is 11.8 Å². The maximum Gasteiger partial charge on any atom is 0.236 e. The van der Waals surface area contributed by atoms with Gasteiger partial charge in [-0.15, -0.1) is 0 Å². The van der Waals surface area contributed by atoms with E-state index >= 15 is 0 Å². The Hall–Kier alpha value is -1.99. The van der Waals surface area contributed by atoms with Crippen LogP contribution >= 0.6 is 0 Å². The number of ether oxygens (including phenoxy) is 2. The normalized spacial score (nSPS) is 21.2. The van der Waals surface area contributed by atoms with Crippen LogP contribution in [0.3, 0.4) is 0 Å². The van der Waals surface area contributed by atoms with Crippen LogP contribution in [0.15, 0.2) is 18.6 Å². The lowest BCUT2D eigenvalue weighted by molar-refractivity contribution is 0.0978. The molecule has 1 fully saturated rings. The van der Waals surface area contributed by atoms with Crippen LogP contribution in [0.4, 0.5) is 0 Å². The molecular weight excluding hydrogens is 282 g/mol. The number of nitrogens with one attached hydrogen (secondary N) is 1. The summed E-state index contributed by atoms with van der Waals surface area (Å²) in [5.74, 6) is 0.558. The van der Waals surface area contributed by atoms with Gasteiger partial charge in [-0.2, -0.15) is 5.10 Å². The summed E-state index contributed by atoms with van der Waals surface area (Å²) in [5.41, 5.74) is 2.96. The van der Waals surface area contributed by atoms with Gasteiger partial charge in [0, 0.05) is 50.4 Å². The molecule has 0 spiro atoms. The molecule has 0 unspecified atom stereocenters. The molecule has 0 aromatic carbocycles. The van der Waals surface area contributed by atoms with E-state index in [-0.39, 0.29) is 12.1 Å². The summed E-state index contributed by atoms with van der Waals surface area (Å²) >= 11 is 0. The van der Waals surface area contributed by atoms with Crippen molar-refractivity contribution in [1.29, 1.82) is 0 Å². The number of hydrogen-bond acceptors (Lipinski definition) is 6. The van der Waals surface area contributed by atoms with Crippen LogP contribution in [-0.2, 0) is 18.3 Å². The first-order chi connectivity index (χ1) is 10.7. The Kier molecular flexibility index (Phi) is 4.35. The lowest BCUT2D eigenvalue weighted by atomic mass is 10.0. The van der Waals surface area contributed by atoms with Crippen LogP contribution in [0.5, 0.6) is 5.88 Å². The molecule has 1 saturated heterocycles. The highest BCUT2D eigenvalue weighted by Crippen LogP contribution is 2.31. The molecule has 7 heteroatoms. The highest BCUT2D eigenvalue weighted by Gasteiger charge is 2.31. The van der Waals surface area contributed by atoms with E-state index in [0.29, 0.717) is 12.4 Å². The molecule has 0 aliphatic carbocycles. The molecule has 1 aliphatic rings. The van der Waals surface area contributed by atoms with E-state index in [1.807, 2.05) is 24.9 Å². The summed E-state index contributed by atoms with van der Waals surface area (Å²) < 4.78 is 13.0. The summed E-state index contributed by atoms with van der Waals surface area (Å²) in [5, 5.41) is 7.92. The second-order valence-electron chi connectivity index (χ2n) is 5.42. The van der Waals surface area contributed by atoms with Crippen LogP contribution in [-0.4, -0.2) is 39.5 Å². The molecule has 0 radical (unpaired) electrons. The molecule has 7 nitrogen and oxygen atoms in total. The van der Waals surface area contributed by atoms with Crippen molar-refractivity contribution in [1.82, 2.24) is 25.1 Å². The van der Waals surface area contributed by atoms with Crippen molar-refractivity contribution in [2.45, 2.75) is 32.0 Å². The highest BCUT2D eigenvalue weighted by molar-refractivity contribution is 5.22. The van der Waals surface area contributed by atoms with Crippen LogP contribution in [0.1, 0.15) is 29.5 Å². The minimum Gasteiger partial charge on any atom is -0.480 e. The standard InChI is InChI=1S/C15H21N5O2/c1-10-11(9-20(2)19-10)14-12(4-7-22-14)18-8-13-15(21-3)17-6-5-16-13/h5-6,9,12,14,18H,4,7-8H2,1-3H3/t12-,14+/m0/s1. The second-order valence-corrected chi connectivity index (χ2v) is 5.42. The van der Waals surface area contributed by atoms with Gasteiger partial charge < -0.3 is 14.8 Å². The van der Waals surface area contributed by atoms with Gasteiger partial charge in [0.15, 0.2) is 0 Å². The lowest BCUT2D eigenvalue weighted by Gasteiger charge is -2.19. The van der Waals surface area contributed by atoms with Gasteiger partial charge in [-0.25, -0.2) is 4.98 Å². The van der Waals surface area contributed by atoms with Gasteiger partial charge >= 0.3 is 0 Å². The molecule has 1 aliphatic heterocycles. The predicted molar refractivity (Wildman–Crippen MR) is 80.5 cm³/mol. The largest absolute Gasteiger partial charge is 0.480 e. The number of hydrogen-bond donors (Lipinski definition) is 1. The molecule has 2 atom stereocenters.